The first kappa shape index (κ1) is 19.8. The zero-order chi connectivity index (χ0) is 19.1. The minimum absolute atomic E-state index is 0.0700. The minimum atomic E-state index is -0.0700. The summed E-state index contributed by atoms with van der Waals surface area (Å²) in [5.41, 5.74) is 2.50. The minimum Gasteiger partial charge on any atom is -0.497 e. The van der Waals surface area contributed by atoms with Crippen molar-refractivity contribution in [3.8, 4) is 5.75 Å². The molecule has 2 aromatic rings. The lowest BCUT2D eigenvalue weighted by molar-refractivity contribution is -0.120. The molecule has 1 amide bonds. The van der Waals surface area contributed by atoms with Gasteiger partial charge in [-0.05, 0) is 36.6 Å². The van der Waals surface area contributed by atoms with Crippen molar-refractivity contribution in [1.82, 2.24) is 10.2 Å². The fraction of sp³-hybridized carbons (Fsp3) is 0.409. The van der Waals surface area contributed by atoms with Crippen LogP contribution in [0.4, 0.5) is 0 Å². The quantitative estimate of drug-likeness (QED) is 0.753. The van der Waals surface area contributed by atoms with E-state index in [4.69, 9.17) is 4.74 Å². The van der Waals surface area contributed by atoms with Gasteiger partial charge in [0.2, 0.25) is 5.91 Å². The lowest BCUT2D eigenvalue weighted by Crippen LogP contribution is -2.40. The van der Waals surface area contributed by atoms with Crippen LogP contribution in [0.1, 0.15) is 24.5 Å². The molecular formula is C22H28N2O2S. The first-order valence-electron chi connectivity index (χ1n) is 9.45. The van der Waals surface area contributed by atoms with Crippen LogP contribution in [-0.4, -0.2) is 42.3 Å². The highest BCUT2D eigenvalue weighted by molar-refractivity contribution is 7.99. The molecule has 0 aromatic heterocycles. The van der Waals surface area contributed by atoms with Crippen LogP contribution < -0.4 is 10.1 Å². The average molecular weight is 385 g/mol. The molecule has 1 fully saturated rings. The van der Waals surface area contributed by atoms with Crippen molar-refractivity contribution in [3.63, 3.8) is 0 Å². The second kappa shape index (κ2) is 9.81. The normalized spacial score (nSPS) is 18.2. The Balaban J connectivity index is 1.41. The van der Waals surface area contributed by atoms with Crippen molar-refractivity contribution in [2.75, 3.05) is 20.2 Å². The highest BCUT2D eigenvalue weighted by Gasteiger charge is 2.25. The predicted molar refractivity (Wildman–Crippen MR) is 112 cm³/mol. The van der Waals surface area contributed by atoms with Gasteiger partial charge in [0.15, 0.2) is 0 Å². The van der Waals surface area contributed by atoms with Gasteiger partial charge in [-0.3, -0.25) is 9.69 Å². The molecule has 0 spiro atoms. The number of likely N-dealkylation sites (tertiary alicyclic amines) is 1. The van der Waals surface area contributed by atoms with E-state index in [1.807, 2.05) is 31.2 Å². The fourth-order valence-corrected chi connectivity index (χ4v) is 4.15. The molecule has 2 aromatic carbocycles. The van der Waals surface area contributed by atoms with Gasteiger partial charge in [-0.25, -0.2) is 0 Å². The third-order valence-electron chi connectivity index (χ3n) is 4.87. The summed E-state index contributed by atoms with van der Waals surface area (Å²) in [5.74, 6) is 1.79. The molecule has 0 saturated carbocycles. The topological polar surface area (TPSA) is 41.6 Å². The van der Waals surface area contributed by atoms with Crippen LogP contribution in [0.3, 0.4) is 0 Å². The van der Waals surface area contributed by atoms with Crippen molar-refractivity contribution < 1.29 is 9.53 Å². The summed E-state index contributed by atoms with van der Waals surface area (Å²) in [6.45, 7) is 4.89. The second-order valence-corrected chi connectivity index (χ2v) is 8.35. The number of carbonyl (C=O) groups excluding carboxylic acids is 1. The van der Waals surface area contributed by atoms with Crippen LogP contribution in [0.25, 0.3) is 0 Å². The van der Waals surface area contributed by atoms with E-state index in [-0.39, 0.29) is 17.2 Å². The van der Waals surface area contributed by atoms with E-state index >= 15 is 0 Å². The number of benzene rings is 2. The van der Waals surface area contributed by atoms with Gasteiger partial charge < -0.3 is 10.1 Å². The van der Waals surface area contributed by atoms with Gasteiger partial charge in [0, 0.05) is 31.4 Å². The lowest BCUT2D eigenvalue weighted by atomic mass is 10.2. The summed E-state index contributed by atoms with van der Waals surface area (Å²) >= 11 is 1.66. The molecular weight excluding hydrogens is 356 g/mol. The van der Waals surface area contributed by atoms with Gasteiger partial charge >= 0.3 is 0 Å². The van der Waals surface area contributed by atoms with Gasteiger partial charge in [-0.1, -0.05) is 42.5 Å². The van der Waals surface area contributed by atoms with Crippen LogP contribution in [0.5, 0.6) is 5.75 Å². The van der Waals surface area contributed by atoms with Crippen LogP contribution in [-0.2, 0) is 17.1 Å². The number of thioether (sulfide) groups is 1. The standard InChI is InChI=1S/C22H28N2O2S/c1-17(27-16-19-9-6-10-21(13-19)26-2)22(25)23-20-11-12-24(15-20)14-18-7-4-3-5-8-18/h3-10,13,17,20H,11-12,14-16H2,1-2H3,(H,23,25). The van der Waals surface area contributed by atoms with Crippen LogP contribution in [0.15, 0.2) is 54.6 Å². The van der Waals surface area contributed by atoms with Crippen molar-refractivity contribution >= 4 is 17.7 Å². The Bertz CT molecular complexity index is 738. The van der Waals surface area contributed by atoms with Gasteiger partial charge in [0.05, 0.1) is 12.4 Å². The van der Waals surface area contributed by atoms with Crippen LogP contribution in [0.2, 0.25) is 0 Å². The van der Waals surface area contributed by atoms with Crippen molar-refractivity contribution in [2.24, 2.45) is 0 Å². The molecule has 2 unspecified atom stereocenters. The number of methoxy groups -OCH3 is 1. The summed E-state index contributed by atoms with van der Waals surface area (Å²) in [7, 11) is 1.67. The zero-order valence-corrected chi connectivity index (χ0v) is 16.9. The first-order valence-corrected chi connectivity index (χ1v) is 10.5. The Morgan fingerprint density at radius 1 is 1.22 bits per heavy atom. The number of carbonyl (C=O) groups is 1. The molecule has 1 saturated heterocycles. The molecule has 1 heterocycles. The maximum atomic E-state index is 12.5. The highest BCUT2D eigenvalue weighted by atomic mass is 32.2. The Labute approximate surface area is 166 Å². The van der Waals surface area contributed by atoms with E-state index in [9.17, 15) is 4.79 Å². The number of nitrogens with zero attached hydrogens (tertiary/aromatic N) is 1. The Hall–Kier alpha value is -1.98. The van der Waals surface area contributed by atoms with Crippen molar-refractivity contribution in [3.05, 3.63) is 65.7 Å². The van der Waals surface area contributed by atoms with E-state index in [0.717, 1.165) is 37.6 Å². The number of amides is 1. The van der Waals surface area contributed by atoms with Crippen molar-refractivity contribution in [1.29, 1.82) is 0 Å². The van der Waals surface area contributed by atoms with Crippen molar-refractivity contribution in [2.45, 2.75) is 36.9 Å². The predicted octanol–water partition coefficient (Wildman–Crippen LogP) is 3.71. The van der Waals surface area contributed by atoms with Crippen LogP contribution in [0, 0.1) is 0 Å². The molecule has 144 valence electrons. The molecule has 1 N–H and O–H groups in total. The molecule has 3 rings (SSSR count). The van der Waals surface area contributed by atoms with Gasteiger partial charge in [-0.2, -0.15) is 0 Å². The van der Waals surface area contributed by atoms with Gasteiger partial charge in [0.25, 0.3) is 0 Å². The smallest absolute Gasteiger partial charge is 0.233 e. The zero-order valence-electron chi connectivity index (χ0n) is 16.1. The molecule has 0 radical (unpaired) electrons. The van der Waals surface area contributed by atoms with Gasteiger partial charge in [-0.15, -0.1) is 11.8 Å². The van der Waals surface area contributed by atoms with E-state index < -0.39 is 0 Å². The number of rotatable bonds is 8. The van der Waals surface area contributed by atoms with Crippen LogP contribution >= 0.6 is 11.8 Å². The maximum absolute atomic E-state index is 12.5. The molecule has 0 bridgehead atoms. The summed E-state index contributed by atoms with van der Waals surface area (Å²) in [5, 5.41) is 3.16. The summed E-state index contributed by atoms with van der Waals surface area (Å²) in [4.78, 5) is 14.9. The molecule has 0 aliphatic carbocycles. The summed E-state index contributed by atoms with van der Waals surface area (Å²) < 4.78 is 5.26. The lowest BCUT2D eigenvalue weighted by Gasteiger charge is -2.18. The number of nitrogens with one attached hydrogen (secondary N) is 1. The number of ether oxygens (including phenoxy) is 1. The molecule has 2 atom stereocenters. The number of hydrogen-bond acceptors (Lipinski definition) is 4. The Morgan fingerprint density at radius 2 is 2.00 bits per heavy atom. The van der Waals surface area contributed by atoms with Gasteiger partial charge in [0.1, 0.15) is 5.75 Å². The SMILES string of the molecule is COc1cccc(CSC(C)C(=O)NC2CCN(Cc3ccccc3)C2)c1. The molecule has 4 nitrogen and oxygen atoms in total. The van der Waals surface area contributed by atoms with E-state index in [1.165, 1.54) is 11.1 Å². The molecule has 1 aliphatic rings. The van der Waals surface area contributed by atoms with E-state index in [2.05, 4.69) is 40.5 Å². The van der Waals surface area contributed by atoms with E-state index in [0.29, 0.717) is 0 Å². The van der Waals surface area contributed by atoms with E-state index in [1.54, 1.807) is 18.9 Å². The first-order chi connectivity index (χ1) is 13.1. The number of hydrogen-bond donors (Lipinski definition) is 1. The monoisotopic (exact) mass is 384 g/mol. The third-order valence-corrected chi connectivity index (χ3v) is 6.09. The molecule has 27 heavy (non-hydrogen) atoms. The molecule has 5 heteroatoms. The largest absolute Gasteiger partial charge is 0.497 e. The fourth-order valence-electron chi connectivity index (χ4n) is 3.31. The second-order valence-electron chi connectivity index (χ2n) is 7.02. The Kier molecular flexibility index (Phi) is 7.18. The Morgan fingerprint density at radius 3 is 2.78 bits per heavy atom. The summed E-state index contributed by atoms with van der Waals surface area (Å²) in [6, 6.07) is 18.8. The molecule has 1 aliphatic heterocycles. The third kappa shape index (κ3) is 6.01. The average Bonchev–Trinajstić information content (AvgIpc) is 3.13. The summed E-state index contributed by atoms with van der Waals surface area (Å²) in [6.07, 6.45) is 1.02. The maximum Gasteiger partial charge on any atom is 0.233 e. The highest BCUT2D eigenvalue weighted by Crippen LogP contribution is 2.22.